The van der Waals surface area contributed by atoms with Crippen LogP contribution in [0.4, 0.5) is 5.69 Å². The normalized spacial score (nSPS) is 18.0. The topological polar surface area (TPSA) is 118 Å². The van der Waals surface area contributed by atoms with Crippen LogP contribution in [-0.4, -0.2) is 26.2 Å². The number of rotatable bonds is 6. The molecule has 30 heavy (non-hydrogen) atoms. The first kappa shape index (κ1) is 20.6. The van der Waals surface area contributed by atoms with Crippen LogP contribution in [0.25, 0.3) is 0 Å². The summed E-state index contributed by atoms with van der Waals surface area (Å²) in [4.78, 5) is 25.2. The lowest BCUT2D eigenvalue weighted by molar-refractivity contribution is 0.0891. The number of carbonyl (C=O) groups is 2. The summed E-state index contributed by atoms with van der Waals surface area (Å²) in [5.41, 5.74) is 6.66. The van der Waals surface area contributed by atoms with E-state index in [2.05, 4.69) is 15.6 Å². The Morgan fingerprint density at radius 3 is 2.43 bits per heavy atom. The van der Waals surface area contributed by atoms with Crippen molar-refractivity contribution in [2.75, 3.05) is 5.43 Å². The van der Waals surface area contributed by atoms with Crippen molar-refractivity contribution in [3.63, 3.8) is 0 Å². The van der Waals surface area contributed by atoms with Gasteiger partial charge in [0.05, 0.1) is 16.1 Å². The van der Waals surface area contributed by atoms with E-state index in [9.17, 15) is 18.0 Å². The summed E-state index contributed by atoms with van der Waals surface area (Å²) < 4.78 is 32.8. The standard InChI is InChI=1S/C21H25N3O5S/c1-12-18-16(25)10-21(2,3)11-17(18)29-19(12)20(26)23-22-13-6-8-15(9-7-13)30(27,28)24-14-4-5-14/h6-9,14,22,24H,4-5,10-11H2,1-3H3,(H,23,26). The quantitative estimate of drug-likeness (QED) is 0.606. The summed E-state index contributed by atoms with van der Waals surface area (Å²) in [6.45, 7) is 5.70. The van der Waals surface area contributed by atoms with Crippen LogP contribution < -0.4 is 15.6 Å². The number of amides is 1. The van der Waals surface area contributed by atoms with Gasteiger partial charge in [-0.05, 0) is 49.4 Å². The molecule has 1 heterocycles. The van der Waals surface area contributed by atoms with Gasteiger partial charge in [0.15, 0.2) is 11.5 Å². The molecular formula is C21H25N3O5S. The Morgan fingerprint density at radius 1 is 1.13 bits per heavy atom. The van der Waals surface area contributed by atoms with Crippen LogP contribution in [0, 0.1) is 12.3 Å². The first-order valence-corrected chi connectivity index (χ1v) is 11.4. The minimum atomic E-state index is -3.52. The van der Waals surface area contributed by atoms with Crippen molar-refractivity contribution in [3.05, 3.63) is 46.9 Å². The largest absolute Gasteiger partial charge is 0.455 e. The van der Waals surface area contributed by atoms with Crippen LogP contribution in [0.3, 0.4) is 0 Å². The van der Waals surface area contributed by atoms with Crippen molar-refractivity contribution >= 4 is 27.4 Å². The highest BCUT2D eigenvalue weighted by molar-refractivity contribution is 7.89. The van der Waals surface area contributed by atoms with E-state index in [1.807, 2.05) is 13.8 Å². The van der Waals surface area contributed by atoms with Gasteiger partial charge < -0.3 is 4.42 Å². The SMILES string of the molecule is Cc1c(C(=O)NNc2ccc(S(=O)(=O)NC3CC3)cc2)oc2c1C(=O)CC(C)(C)C2. The first-order chi connectivity index (χ1) is 14.1. The molecule has 1 fully saturated rings. The van der Waals surface area contributed by atoms with Crippen LogP contribution in [0.1, 0.15) is 65.3 Å². The Kier molecular flexibility index (Phi) is 4.98. The van der Waals surface area contributed by atoms with E-state index in [1.165, 1.54) is 12.1 Å². The van der Waals surface area contributed by atoms with E-state index in [0.29, 0.717) is 35.4 Å². The average molecular weight is 432 g/mol. The van der Waals surface area contributed by atoms with Crippen molar-refractivity contribution in [1.29, 1.82) is 0 Å². The predicted molar refractivity (Wildman–Crippen MR) is 111 cm³/mol. The summed E-state index contributed by atoms with van der Waals surface area (Å²) in [6.07, 6.45) is 2.75. The summed E-state index contributed by atoms with van der Waals surface area (Å²) in [5, 5.41) is 0. The smallest absolute Gasteiger partial charge is 0.305 e. The number of benzene rings is 1. The van der Waals surface area contributed by atoms with Crippen LogP contribution in [0.2, 0.25) is 0 Å². The Bertz CT molecular complexity index is 1110. The number of Topliss-reactive ketones (excluding diaryl/α,β-unsaturated/α-hetero) is 1. The molecule has 0 spiro atoms. The second kappa shape index (κ2) is 7.24. The number of carbonyl (C=O) groups excluding carboxylic acids is 2. The van der Waals surface area contributed by atoms with Gasteiger partial charge in [-0.3, -0.25) is 20.4 Å². The van der Waals surface area contributed by atoms with Gasteiger partial charge in [-0.2, -0.15) is 0 Å². The van der Waals surface area contributed by atoms with Crippen LogP contribution in [0.15, 0.2) is 33.6 Å². The highest BCUT2D eigenvalue weighted by atomic mass is 32.2. The van der Waals surface area contributed by atoms with E-state index >= 15 is 0 Å². The molecule has 0 saturated heterocycles. The molecule has 9 heteroatoms. The molecule has 0 unspecified atom stereocenters. The third kappa shape index (κ3) is 4.13. The number of fused-ring (bicyclic) bond motifs is 1. The number of anilines is 1. The van der Waals surface area contributed by atoms with E-state index in [4.69, 9.17) is 4.42 Å². The lowest BCUT2D eigenvalue weighted by atomic mass is 9.76. The summed E-state index contributed by atoms with van der Waals surface area (Å²) in [6, 6.07) is 6.10. The van der Waals surface area contributed by atoms with Crippen molar-refractivity contribution in [1.82, 2.24) is 10.1 Å². The first-order valence-electron chi connectivity index (χ1n) is 9.90. The Labute approximate surface area is 175 Å². The van der Waals surface area contributed by atoms with Gasteiger partial charge in [0, 0.05) is 24.4 Å². The van der Waals surface area contributed by atoms with Gasteiger partial charge in [-0.1, -0.05) is 13.8 Å². The summed E-state index contributed by atoms with van der Waals surface area (Å²) >= 11 is 0. The minimum Gasteiger partial charge on any atom is -0.455 e. The highest BCUT2D eigenvalue weighted by Gasteiger charge is 2.37. The fourth-order valence-electron chi connectivity index (χ4n) is 3.69. The second-order valence-electron chi connectivity index (χ2n) is 8.79. The van der Waals surface area contributed by atoms with Gasteiger partial charge in [0.1, 0.15) is 5.76 Å². The van der Waals surface area contributed by atoms with Crippen LogP contribution in [-0.2, 0) is 16.4 Å². The molecule has 2 aromatic rings. The number of ketones is 1. The molecule has 2 aliphatic rings. The van der Waals surface area contributed by atoms with Crippen molar-refractivity contribution in [2.24, 2.45) is 5.41 Å². The zero-order valence-corrected chi connectivity index (χ0v) is 18.0. The molecule has 1 saturated carbocycles. The van der Waals surface area contributed by atoms with E-state index < -0.39 is 15.9 Å². The molecule has 0 aliphatic heterocycles. The van der Waals surface area contributed by atoms with Crippen LogP contribution in [0.5, 0.6) is 0 Å². The molecule has 160 valence electrons. The highest BCUT2D eigenvalue weighted by Crippen LogP contribution is 2.38. The number of hydrazine groups is 1. The van der Waals surface area contributed by atoms with Crippen molar-refractivity contribution in [3.8, 4) is 0 Å². The maximum absolute atomic E-state index is 12.6. The summed E-state index contributed by atoms with van der Waals surface area (Å²) in [5.74, 6) is 0.147. The molecule has 0 bridgehead atoms. The molecule has 1 aromatic heterocycles. The van der Waals surface area contributed by atoms with Gasteiger partial charge in [0.25, 0.3) is 0 Å². The second-order valence-corrected chi connectivity index (χ2v) is 10.5. The summed E-state index contributed by atoms with van der Waals surface area (Å²) in [7, 11) is -3.52. The van der Waals surface area contributed by atoms with Gasteiger partial charge in [-0.25, -0.2) is 13.1 Å². The van der Waals surface area contributed by atoms with Crippen molar-refractivity contribution in [2.45, 2.75) is 57.4 Å². The fourth-order valence-corrected chi connectivity index (χ4v) is 5.00. The zero-order chi connectivity index (χ0) is 21.7. The van der Waals surface area contributed by atoms with Crippen molar-refractivity contribution < 1.29 is 22.4 Å². The third-order valence-corrected chi connectivity index (χ3v) is 6.90. The van der Waals surface area contributed by atoms with Gasteiger partial charge >= 0.3 is 5.91 Å². The number of hydrogen-bond donors (Lipinski definition) is 3. The number of furan rings is 1. The maximum atomic E-state index is 12.6. The van der Waals surface area contributed by atoms with E-state index in [1.54, 1.807) is 19.1 Å². The van der Waals surface area contributed by atoms with Gasteiger partial charge in [-0.15, -0.1) is 0 Å². The molecule has 1 aromatic carbocycles. The number of nitrogens with one attached hydrogen (secondary N) is 3. The molecule has 3 N–H and O–H groups in total. The molecule has 1 amide bonds. The maximum Gasteiger partial charge on any atom is 0.305 e. The zero-order valence-electron chi connectivity index (χ0n) is 17.2. The monoisotopic (exact) mass is 431 g/mol. The lowest BCUT2D eigenvalue weighted by Gasteiger charge is -2.27. The van der Waals surface area contributed by atoms with E-state index in [0.717, 1.165) is 12.8 Å². The molecule has 0 atom stereocenters. The Balaban J connectivity index is 1.44. The number of sulfonamides is 1. The minimum absolute atomic E-state index is 0.00823. The Morgan fingerprint density at radius 2 is 1.80 bits per heavy atom. The predicted octanol–water partition coefficient (Wildman–Crippen LogP) is 2.94. The molecule has 8 nitrogen and oxygen atoms in total. The molecule has 2 aliphatic carbocycles. The average Bonchev–Trinajstić information content (AvgIpc) is 3.39. The molecule has 0 radical (unpaired) electrons. The number of hydrogen-bond acceptors (Lipinski definition) is 6. The van der Waals surface area contributed by atoms with Crippen LogP contribution >= 0.6 is 0 Å². The molecular weight excluding hydrogens is 406 g/mol. The fraction of sp³-hybridized carbons (Fsp3) is 0.429. The Hall–Kier alpha value is -2.65. The molecule has 4 rings (SSSR count). The lowest BCUT2D eigenvalue weighted by Crippen LogP contribution is -2.29. The van der Waals surface area contributed by atoms with E-state index in [-0.39, 0.29) is 27.9 Å². The van der Waals surface area contributed by atoms with Gasteiger partial charge in [0.2, 0.25) is 10.0 Å². The third-order valence-electron chi connectivity index (χ3n) is 5.37.